The van der Waals surface area contributed by atoms with Crippen molar-refractivity contribution >= 4 is 27.3 Å². The third kappa shape index (κ3) is 5.12. The molecule has 3 rings (SSSR count). The van der Waals surface area contributed by atoms with Crippen LogP contribution in [0.25, 0.3) is 0 Å². The minimum atomic E-state index is -3.39. The Hall–Kier alpha value is -1.90. The molecule has 152 valence electrons. The second-order valence-corrected chi connectivity index (χ2v) is 9.91. The van der Waals surface area contributed by atoms with Crippen molar-refractivity contribution in [2.75, 3.05) is 19.7 Å². The van der Waals surface area contributed by atoms with Gasteiger partial charge in [-0.3, -0.25) is 4.79 Å². The smallest absolute Gasteiger partial charge is 0.252 e. The van der Waals surface area contributed by atoms with Crippen LogP contribution in [0.4, 0.5) is 0 Å². The molecule has 0 bridgehead atoms. The zero-order valence-electron chi connectivity index (χ0n) is 16.0. The van der Waals surface area contributed by atoms with E-state index in [4.69, 9.17) is 4.74 Å². The number of benzene rings is 1. The van der Waals surface area contributed by atoms with Crippen molar-refractivity contribution in [3.63, 3.8) is 0 Å². The van der Waals surface area contributed by atoms with Crippen LogP contribution in [0.1, 0.15) is 31.7 Å². The van der Waals surface area contributed by atoms with Crippen molar-refractivity contribution in [1.82, 2.24) is 9.62 Å². The molecule has 8 heteroatoms. The monoisotopic (exact) mass is 422 g/mol. The lowest BCUT2D eigenvalue weighted by atomic mass is 9.94. The topological polar surface area (TPSA) is 75.7 Å². The van der Waals surface area contributed by atoms with Gasteiger partial charge in [-0.1, -0.05) is 24.3 Å². The number of hydrogen-bond donors (Lipinski definition) is 1. The summed E-state index contributed by atoms with van der Waals surface area (Å²) in [5.41, 5.74) is 0.953. The van der Waals surface area contributed by atoms with Gasteiger partial charge in [0.15, 0.2) is 0 Å². The number of rotatable bonds is 8. The Labute approximate surface area is 170 Å². The fourth-order valence-electron chi connectivity index (χ4n) is 3.37. The van der Waals surface area contributed by atoms with E-state index in [0.29, 0.717) is 49.7 Å². The van der Waals surface area contributed by atoms with E-state index in [0.717, 1.165) is 11.3 Å². The SMILES string of the molecule is CCOc1ccccc1CNC(=O)CC1CCN(S(=O)(=O)c2cccs2)CC1. The van der Waals surface area contributed by atoms with Crippen LogP contribution in [0.3, 0.4) is 0 Å². The van der Waals surface area contributed by atoms with Crippen LogP contribution >= 0.6 is 11.3 Å². The third-order valence-corrected chi connectivity index (χ3v) is 8.16. The van der Waals surface area contributed by atoms with Crippen molar-refractivity contribution in [3.8, 4) is 5.75 Å². The predicted octanol–water partition coefficient (Wildman–Crippen LogP) is 3.25. The first-order valence-electron chi connectivity index (χ1n) is 9.51. The van der Waals surface area contributed by atoms with Crippen molar-refractivity contribution in [1.29, 1.82) is 0 Å². The largest absolute Gasteiger partial charge is 0.494 e. The van der Waals surface area contributed by atoms with Crippen molar-refractivity contribution in [3.05, 3.63) is 47.3 Å². The number of nitrogens with one attached hydrogen (secondary N) is 1. The number of thiophene rings is 1. The van der Waals surface area contributed by atoms with Crippen molar-refractivity contribution in [2.24, 2.45) is 5.92 Å². The Morgan fingerprint density at radius 3 is 2.64 bits per heavy atom. The number of piperidine rings is 1. The van der Waals surface area contributed by atoms with E-state index in [1.54, 1.807) is 17.5 Å². The number of hydrogen-bond acceptors (Lipinski definition) is 5. The zero-order chi connectivity index (χ0) is 20.0. The van der Waals surface area contributed by atoms with Gasteiger partial charge in [0.05, 0.1) is 6.61 Å². The molecule has 1 aliphatic rings. The first-order valence-corrected chi connectivity index (χ1v) is 11.8. The minimum absolute atomic E-state index is 0.00846. The number of carbonyl (C=O) groups is 1. The first kappa shape index (κ1) is 20.8. The second kappa shape index (κ2) is 9.54. The van der Waals surface area contributed by atoms with E-state index in [9.17, 15) is 13.2 Å². The highest BCUT2D eigenvalue weighted by Crippen LogP contribution is 2.27. The molecule has 28 heavy (non-hydrogen) atoms. The van der Waals surface area contributed by atoms with Gasteiger partial charge in [-0.25, -0.2) is 8.42 Å². The van der Waals surface area contributed by atoms with Gasteiger partial charge in [0, 0.05) is 31.6 Å². The highest BCUT2D eigenvalue weighted by atomic mass is 32.2. The first-order chi connectivity index (χ1) is 13.5. The molecule has 1 saturated heterocycles. The Bertz CT molecular complexity index is 873. The summed E-state index contributed by atoms with van der Waals surface area (Å²) in [5, 5.41) is 4.73. The Kier molecular flexibility index (Phi) is 7.09. The van der Waals surface area contributed by atoms with Gasteiger partial charge < -0.3 is 10.1 Å². The van der Waals surface area contributed by atoms with Gasteiger partial charge in [-0.15, -0.1) is 11.3 Å². The van der Waals surface area contributed by atoms with Crippen LogP contribution in [0.2, 0.25) is 0 Å². The Morgan fingerprint density at radius 2 is 1.96 bits per heavy atom. The summed E-state index contributed by atoms with van der Waals surface area (Å²) in [6.07, 6.45) is 1.82. The number of amides is 1. The fraction of sp³-hybridized carbons (Fsp3) is 0.450. The van der Waals surface area contributed by atoms with E-state index in [2.05, 4.69) is 5.32 Å². The molecule has 2 aromatic rings. The van der Waals surface area contributed by atoms with E-state index >= 15 is 0 Å². The summed E-state index contributed by atoms with van der Waals surface area (Å²) >= 11 is 1.24. The summed E-state index contributed by atoms with van der Waals surface area (Å²) in [6, 6.07) is 11.1. The summed E-state index contributed by atoms with van der Waals surface area (Å²) in [6.45, 7) is 3.87. The molecule has 0 atom stereocenters. The maximum Gasteiger partial charge on any atom is 0.252 e. The highest BCUT2D eigenvalue weighted by Gasteiger charge is 2.30. The highest BCUT2D eigenvalue weighted by molar-refractivity contribution is 7.91. The lowest BCUT2D eigenvalue weighted by molar-refractivity contribution is -0.122. The minimum Gasteiger partial charge on any atom is -0.494 e. The number of para-hydroxylation sites is 1. The van der Waals surface area contributed by atoms with Gasteiger partial charge in [-0.2, -0.15) is 4.31 Å². The lowest BCUT2D eigenvalue weighted by Gasteiger charge is -2.30. The molecule has 0 unspecified atom stereocenters. The fourth-order valence-corrected chi connectivity index (χ4v) is 5.98. The average Bonchev–Trinajstić information content (AvgIpc) is 3.24. The molecule has 1 aromatic carbocycles. The average molecular weight is 423 g/mol. The number of carbonyl (C=O) groups excluding carboxylic acids is 1. The summed E-state index contributed by atoms with van der Waals surface area (Å²) in [4.78, 5) is 12.3. The molecule has 0 spiro atoms. The molecule has 2 heterocycles. The molecule has 0 radical (unpaired) electrons. The Morgan fingerprint density at radius 1 is 1.21 bits per heavy atom. The lowest BCUT2D eigenvalue weighted by Crippen LogP contribution is -2.39. The van der Waals surface area contributed by atoms with Crippen LogP contribution < -0.4 is 10.1 Å². The molecule has 6 nitrogen and oxygen atoms in total. The van der Waals surface area contributed by atoms with E-state index in [-0.39, 0.29) is 11.8 Å². The third-order valence-electron chi connectivity index (χ3n) is 4.89. The molecule has 1 N–H and O–H groups in total. The van der Waals surface area contributed by atoms with Gasteiger partial charge >= 0.3 is 0 Å². The summed E-state index contributed by atoms with van der Waals surface area (Å²) < 4.78 is 32.6. The molecule has 1 fully saturated rings. The summed E-state index contributed by atoms with van der Waals surface area (Å²) in [5.74, 6) is 0.986. The van der Waals surface area contributed by atoms with Gasteiger partial charge in [0.1, 0.15) is 9.96 Å². The van der Waals surface area contributed by atoms with E-state index in [1.165, 1.54) is 15.6 Å². The van der Waals surface area contributed by atoms with Crippen molar-refractivity contribution < 1.29 is 17.9 Å². The van der Waals surface area contributed by atoms with Gasteiger partial charge in [0.25, 0.3) is 10.0 Å². The van der Waals surface area contributed by atoms with E-state index < -0.39 is 10.0 Å². The van der Waals surface area contributed by atoms with E-state index in [1.807, 2.05) is 31.2 Å². The maximum atomic E-state index is 12.6. The van der Waals surface area contributed by atoms with Gasteiger partial charge in [-0.05, 0) is 43.2 Å². The molecular formula is C20H26N2O4S2. The van der Waals surface area contributed by atoms with Crippen LogP contribution in [0.15, 0.2) is 46.0 Å². The van der Waals surface area contributed by atoms with Crippen molar-refractivity contribution in [2.45, 2.75) is 36.9 Å². The molecular weight excluding hydrogens is 396 g/mol. The van der Waals surface area contributed by atoms with Crippen LogP contribution in [0, 0.1) is 5.92 Å². The number of sulfonamides is 1. The Balaban J connectivity index is 1.47. The zero-order valence-corrected chi connectivity index (χ0v) is 17.6. The van der Waals surface area contributed by atoms with Crippen LogP contribution in [0.5, 0.6) is 5.75 Å². The molecule has 1 aliphatic heterocycles. The molecule has 1 aromatic heterocycles. The number of nitrogens with zero attached hydrogens (tertiary/aromatic N) is 1. The van der Waals surface area contributed by atoms with Gasteiger partial charge in [0.2, 0.25) is 5.91 Å². The van der Waals surface area contributed by atoms with Crippen LogP contribution in [-0.2, 0) is 21.4 Å². The quantitative estimate of drug-likeness (QED) is 0.709. The summed E-state index contributed by atoms with van der Waals surface area (Å²) in [7, 11) is -3.39. The maximum absolute atomic E-state index is 12.6. The molecule has 0 aliphatic carbocycles. The standard InChI is InChI=1S/C20H26N2O4S2/c1-2-26-18-7-4-3-6-17(18)15-21-19(23)14-16-9-11-22(12-10-16)28(24,25)20-8-5-13-27-20/h3-8,13,16H,2,9-12,14-15H2,1H3,(H,21,23). The normalized spacial score (nSPS) is 16.0. The number of ether oxygens (including phenoxy) is 1. The molecule has 0 saturated carbocycles. The molecule has 1 amide bonds. The predicted molar refractivity (Wildman–Crippen MR) is 110 cm³/mol. The van der Waals surface area contributed by atoms with Crippen LogP contribution in [-0.4, -0.2) is 38.3 Å². The second-order valence-electron chi connectivity index (χ2n) is 6.80.